The predicted octanol–water partition coefficient (Wildman–Crippen LogP) is 3.95. The second-order valence-electron chi connectivity index (χ2n) is 8.19. The number of benzene rings is 2. The molecule has 9 nitrogen and oxygen atoms in total. The molecule has 3 heterocycles. The van der Waals surface area contributed by atoms with Crippen LogP contribution >= 0.6 is 15.9 Å². The average Bonchev–Trinajstić information content (AvgIpc) is 3.15. The lowest BCUT2D eigenvalue weighted by atomic mass is 9.94. The molecule has 10 heteroatoms. The Morgan fingerprint density at radius 3 is 2.56 bits per heavy atom. The number of methoxy groups -OCH3 is 1. The third-order valence-electron chi connectivity index (χ3n) is 6.04. The van der Waals surface area contributed by atoms with E-state index in [1.54, 1.807) is 48.8 Å². The second kappa shape index (κ2) is 9.54. The molecule has 1 saturated heterocycles. The first-order valence-electron chi connectivity index (χ1n) is 11.0. The SMILES string of the molecule is COc1cc(C2/C(=C(\O)c3ccc4c(c3)OCCO4)C(=O)C(=O)N2Cc2ccncc2)cc(Br)c1O. The number of aliphatic hydroxyl groups is 1. The van der Waals surface area contributed by atoms with Gasteiger partial charge in [-0.2, -0.15) is 0 Å². The van der Waals surface area contributed by atoms with Crippen molar-refractivity contribution in [2.75, 3.05) is 20.3 Å². The van der Waals surface area contributed by atoms with Crippen molar-refractivity contribution in [1.29, 1.82) is 0 Å². The number of carbonyl (C=O) groups excluding carboxylic acids is 2. The summed E-state index contributed by atoms with van der Waals surface area (Å²) in [6, 6.07) is 10.5. The summed E-state index contributed by atoms with van der Waals surface area (Å²) in [6.07, 6.45) is 3.19. The van der Waals surface area contributed by atoms with E-state index >= 15 is 0 Å². The average molecular weight is 553 g/mol. The van der Waals surface area contributed by atoms with Crippen LogP contribution in [0.2, 0.25) is 0 Å². The normalized spacial score (nSPS) is 18.4. The molecule has 184 valence electrons. The van der Waals surface area contributed by atoms with Gasteiger partial charge in [-0.3, -0.25) is 14.6 Å². The Morgan fingerprint density at radius 2 is 1.83 bits per heavy atom. The minimum atomic E-state index is -0.961. The number of halogens is 1. The first kappa shape index (κ1) is 23.7. The molecule has 2 N–H and O–H groups in total. The smallest absolute Gasteiger partial charge is 0.295 e. The molecule has 0 bridgehead atoms. The van der Waals surface area contributed by atoms with Crippen molar-refractivity contribution >= 4 is 33.4 Å². The minimum Gasteiger partial charge on any atom is -0.507 e. The molecule has 0 saturated carbocycles. The number of hydrogen-bond donors (Lipinski definition) is 2. The summed E-state index contributed by atoms with van der Waals surface area (Å²) in [5, 5.41) is 21.7. The molecular weight excluding hydrogens is 532 g/mol. The van der Waals surface area contributed by atoms with E-state index in [2.05, 4.69) is 20.9 Å². The number of aromatic nitrogens is 1. The highest BCUT2D eigenvalue weighted by Crippen LogP contribution is 2.45. The van der Waals surface area contributed by atoms with Crippen molar-refractivity contribution in [3.63, 3.8) is 0 Å². The Bertz CT molecular complexity index is 1390. The van der Waals surface area contributed by atoms with Crippen molar-refractivity contribution in [3.05, 3.63) is 81.6 Å². The van der Waals surface area contributed by atoms with Gasteiger partial charge in [0.1, 0.15) is 19.0 Å². The molecule has 1 aromatic heterocycles. The van der Waals surface area contributed by atoms with Gasteiger partial charge in [0.05, 0.1) is 23.2 Å². The number of ether oxygens (including phenoxy) is 3. The Kier molecular flexibility index (Phi) is 6.27. The number of fused-ring (bicyclic) bond motifs is 1. The van der Waals surface area contributed by atoms with Crippen LogP contribution in [0.25, 0.3) is 5.76 Å². The van der Waals surface area contributed by atoms with Crippen LogP contribution in [0.4, 0.5) is 0 Å². The lowest BCUT2D eigenvalue weighted by Crippen LogP contribution is -2.29. The molecule has 0 radical (unpaired) electrons. The van der Waals surface area contributed by atoms with Crippen LogP contribution in [0.1, 0.15) is 22.7 Å². The maximum absolute atomic E-state index is 13.3. The fourth-order valence-corrected chi connectivity index (χ4v) is 4.79. The Morgan fingerprint density at radius 1 is 1.11 bits per heavy atom. The van der Waals surface area contributed by atoms with Crippen LogP contribution in [0.5, 0.6) is 23.0 Å². The molecule has 0 aliphatic carbocycles. The number of carbonyl (C=O) groups is 2. The topological polar surface area (TPSA) is 118 Å². The number of phenolic OH excluding ortho intramolecular Hbond substituents is 1. The Labute approximate surface area is 214 Å². The number of likely N-dealkylation sites (tertiary alicyclic amines) is 1. The van der Waals surface area contributed by atoms with E-state index in [0.717, 1.165) is 5.56 Å². The number of rotatable bonds is 5. The third kappa shape index (κ3) is 4.13. The van der Waals surface area contributed by atoms with Crippen LogP contribution in [-0.4, -0.2) is 52.1 Å². The summed E-state index contributed by atoms with van der Waals surface area (Å²) in [5.41, 5.74) is 1.42. The van der Waals surface area contributed by atoms with E-state index in [1.165, 1.54) is 18.1 Å². The van der Waals surface area contributed by atoms with Gasteiger partial charge < -0.3 is 29.3 Å². The quantitative estimate of drug-likeness (QED) is 0.277. The number of pyridine rings is 1. The van der Waals surface area contributed by atoms with Gasteiger partial charge in [-0.05, 0) is 69.5 Å². The number of aliphatic hydroxyl groups excluding tert-OH is 1. The lowest BCUT2D eigenvalue weighted by Gasteiger charge is -2.26. The second-order valence-corrected chi connectivity index (χ2v) is 9.05. The summed E-state index contributed by atoms with van der Waals surface area (Å²) in [6.45, 7) is 0.862. The van der Waals surface area contributed by atoms with Crippen LogP contribution in [0, 0.1) is 0 Å². The molecule has 36 heavy (non-hydrogen) atoms. The standard InChI is InChI=1S/C26H21BrN2O7/c1-34-20-12-16(10-17(27)24(20)31)22-21(23(30)15-2-3-18-19(11-15)36-9-8-35-18)25(32)26(33)29(22)13-14-4-6-28-7-5-14/h2-7,10-12,22,30-31H,8-9,13H2,1H3/b23-21+. The zero-order valence-corrected chi connectivity index (χ0v) is 20.7. The monoisotopic (exact) mass is 552 g/mol. The van der Waals surface area contributed by atoms with E-state index < -0.39 is 17.7 Å². The van der Waals surface area contributed by atoms with E-state index in [0.29, 0.717) is 40.3 Å². The summed E-state index contributed by atoms with van der Waals surface area (Å²) in [7, 11) is 1.40. The van der Waals surface area contributed by atoms with E-state index in [4.69, 9.17) is 14.2 Å². The van der Waals surface area contributed by atoms with E-state index in [9.17, 15) is 19.8 Å². The minimum absolute atomic E-state index is 0.0922. The van der Waals surface area contributed by atoms with Gasteiger partial charge >= 0.3 is 0 Å². The third-order valence-corrected chi connectivity index (χ3v) is 6.65. The van der Waals surface area contributed by atoms with Crippen LogP contribution in [0.3, 0.4) is 0 Å². The molecule has 1 amide bonds. The van der Waals surface area contributed by atoms with E-state index in [-0.39, 0.29) is 29.4 Å². The number of ketones is 1. The summed E-state index contributed by atoms with van der Waals surface area (Å²) in [4.78, 5) is 32.0. The predicted molar refractivity (Wildman–Crippen MR) is 132 cm³/mol. The molecule has 0 spiro atoms. The summed E-state index contributed by atoms with van der Waals surface area (Å²) < 4.78 is 16.8. The highest BCUT2D eigenvalue weighted by molar-refractivity contribution is 9.10. The largest absolute Gasteiger partial charge is 0.507 e. The molecule has 1 fully saturated rings. The first-order valence-corrected chi connectivity index (χ1v) is 11.8. The van der Waals surface area contributed by atoms with Crippen molar-refractivity contribution in [2.45, 2.75) is 12.6 Å². The highest BCUT2D eigenvalue weighted by Gasteiger charge is 2.46. The zero-order valence-electron chi connectivity index (χ0n) is 19.1. The summed E-state index contributed by atoms with van der Waals surface area (Å²) in [5.74, 6) is -0.964. The molecule has 2 aromatic carbocycles. The molecule has 5 rings (SSSR count). The lowest BCUT2D eigenvalue weighted by molar-refractivity contribution is -0.140. The number of amides is 1. The van der Waals surface area contributed by atoms with Gasteiger partial charge in [0.15, 0.2) is 23.0 Å². The number of Topliss-reactive ketones (excluding diaryl/α,β-unsaturated/α-hetero) is 1. The maximum atomic E-state index is 13.3. The zero-order chi connectivity index (χ0) is 25.4. The van der Waals surface area contributed by atoms with Crippen molar-refractivity contribution in [2.24, 2.45) is 0 Å². The molecule has 3 aromatic rings. The number of hydrogen-bond acceptors (Lipinski definition) is 8. The molecule has 1 atom stereocenters. The molecule has 2 aliphatic heterocycles. The van der Waals surface area contributed by atoms with Crippen LogP contribution in [-0.2, 0) is 16.1 Å². The maximum Gasteiger partial charge on any atom is 0.295 e. The van der Waals surface area contributed by atoms with Crippen LogP contribution < -0.4 is 14.2 Å². The van der Waals surface area contributed by atoms with Gasteiger partial charge in [0.25, 0.3) is 11.7 Å². The van der Waals surface area contributed by atoms with Crippen molar-refractivity contribution in [1.82, 2.24) is 9.88 Å². The van der Waals surface area contributed by atoms with Crippen molar-refractivity contribution in [3.8, 4) is 23.0 Å². The molecular formula is C26H21BrN2O7. The van der Waals surface area contributed by atoms with Crippen LogP contribution in [0.15, 0.2) is 64.9 Å². The fourth-order valence-electron chi connectivity index (χ4n) is 4.33. The first-order chi connectivity index (χ1) is 17.4. The fraction of sp³-hybridized carbons (Fsp3) is 0.192. The number of nitrogens with zero attached hydrogens (tertiary/aromatic N) is 2. The Balaban J connectivity index is 1.68. The summed E-state index contributed by atoms with van der Waals surface area (Å²) >= 11 is 3.31. The van der Waals surface area contributed by atoms with Gasteiger partial charge in [0.2, 0.25) is 0 Å². The number of aromatic hydroxyl groups is 1. The van der Waals surface area contributed by atoms with Crippen molar-refractivity contribution < 1.29 is 34.0 Å². The van der Waals surface area contributed by atoms with E-state index in [1.807, 2.05) is 0 Å². The van der Waals surface area contributed by atoms with Gasteiger partial charge in [-0.15, -0.1) is 0 Å². The molecule has 1 unspecified atom stereocenters. The van der Waals surface area contributed by atoms with Gasteiger partial charge in [-0.1, -0.05) is 0 Å². The van der Waals surface area contributed by atoms with Gasteiger partial charge in [0, 0.05) is 24.5 Å². The van der Waals surface area contributed by atoms with Gasteiger partial charge in [-0.25, -0.2) is 0 Å². The molecule has 2 aliphatic rings. The Hall–Kier alpha value is -4.05. The highest BCUT2D eigenvalue weighted by atomic mass is 79.9. The number of phenols is 1.